The highest BCUT2D eigenvalue weighted by Gasteiger charge is 2.36. The summed E-state index contributed by atoms with van der Waals surface area (Å²) in [7, 11) is 0. The van der Waals surface area contributed by atoms with Gasteiger partial charge in [-0.2, -0.15) is 10.5 Å². The molecule has 19 heavy (non-hydrogen) atoms. The molecule has 0 aromatic heterocycles. The van der Waals surface area contributed by atoms with Crippen LogP contribution in [0.1, 0.15) is 12.5 Å². The zero-order chi connectivity index (χ0) is 14.5. The van der Waals surface area contributed by atoms with Crippen LogP contribution in [0.5, 0.6) is 0 Å². The fourth-order valence-corrected chi connectivity index (χ4v) is 2.45. The van der Waals surface area contributed by atoms with Crippen molar-refractivity contribution in [2.24, 2.45) is 5.41 Å². The second-order valence-corrected chi connectivity index (χ2v) is 5.14. The Bertz CT molecular complexity index is 591. The van der Waals surface area contributed by atoms with Gasteiger partial charge in [0.05, 0.1) is 12.1 Å². The minimum Gasteiger partial charge on any atom is -0.196 e. The number of halogens is 1. The van der Waals surface area contributed by atoms with E-state index in [0.29, 0.717) is 21.7 Å². The van der Waals surface area contributed by atoms with Gasteiger partial charge in [-0.1, -0.05) is 30.3 Å². The zero-order valence-electron chi connectivity index (χ0n) is 10.8. The molecule has 2 nitrogen and oxygen atoms in total. The summed E-state index contributed by atoms with van der Waals surface area (Å²) in [6, 6.07) is 11.2. The minimum atomic E-state index is -1.35. The van der Waals surface area contributed by atoms with Gasteiger partial charge in [-0.05, 0) is 47.4 Å². The van der Waals surface area contributed by atoms with Crippen molar-refractivity contribution in [1.29, 1.82) is 10.5 Å². The highest BCUT2D eigenvalue weighted by molar-refractivity contribution is 8.01. The van der Waals surface area contributed by atoms with E-state index >= 15 is 0 Å². The van der Waals surface area contributed by atoms with Crippen LogP contribution in [0.4, 0.5) is 0 Å². The number of nitrogens with zero attached hydrogens (tertiary/aromatic N) is 2. The van der Waals surface area contributed by atoms with Crippen molar-refractivity contribution in [3.05, 3.63) is 52.4 Å². The zero-order valence-corrected chi connectivity index (χ0v) is 12.3. The number of hydrogen-bond donors (Lipinski definition) is 0. The number of rotatable bonds is 4. The van der Waals surface area contributed by atoms with E-state index in [1.807, 2.05) is 6.26 Å². The molecule has 0 saturated carbocycles. The summed E-state index contributed by atoms with van der Waals surface area (Å²) >= 11 is 7.39. The SMILES string of the molecule is C=C(c1cccc(Cl)c1)C(C#N)(C#N)/C(C)=C/SC. The van der Waals surface area contributed by atoms with Gasteiger partial charge < -0.3 is 0 Å². The highest BCUT2D eigenvalue weighted by atomic mass is 35.5. The summed E-state index contributed by atoms with van der Waals surface area (Å²) in [5.74, 6) is 0. The normalized spacial score (nSPS) is 11.5. The van der Waals surface area contributed by atoms with Crippen LogP contribution in [0.25, 0.3) is 5.57 Å². The summed E-state index contributed by atoms with van der Waals surface area (Å²) < 4.78 is 0. The molecule has 4 heteroatoms. The maximum absolute atomic E-state index is 9.46. The summed E-state index contributed by atoms with van der Waals surface area (Å²) in [5.41, 5.74) is 0.454. The molecule has 0 atom stereocenters. The third-order valence-corrected chi connectivity index (χ3v) is 3.67. The first kappa shape index (κ1) is 15.4. The van der Waals surface area contributed by atoms with Crippen molar-refractivity contribution >= 4 is 28.9 Å². The molecule has 96 valence electrons. The first-order valence-electron chi connectivity index (χ1n) is 5.49. The number of nitriles is 2. The van der Waals surface area contributed by atoms with E-state index in [1.165, 1.54) is 11.8 Å². The fraction of sp³-hybridized carbons (Fsp3) is 0.200. The van der Waals surface area contributed by atoms with Crippen molar-refractivity contribution in [2.45, 2.75) is 6.92 Å². The molecule has 0 amide bonds. The molecule has 0 unspecified atom stereocenters. The van der Waals surface area contributed by atoms with Crippen molar-refractivity contribution < 1.29 is 0 Å². The summed E-state index contributed by atoms with van der Waals surface area (Å²) in [6.45, 7) is 5.69. The number of hydrogen-bond acceptors (Lipinski definition) is 3. The Morgan fingerprint density at radius 1 is 1.42 bits per heavy atom. The summed E-state index contributed by atoms with van der Waals surface area (Å²) in [5, 5.41) is 21.3. The molecule has 0 fully saturated rings. The van der Waals surface area contributed by atoms with Crippen LogP contribution < -0.4 is 0 Å². The Hall–Kier alpha value is -1.68. The van der Waals surface area contributed by atoms with E-state index < -0.39 is 5.41 Å². The average molecular weight is 289 g/mol. The van der Waals surface area contributed by atoms with Gasteiger partial charge in [0.2, 0.25) is 0 Å². The summed E-state index contributed by atoms with van der Waals surface area (Å²) in [4.78, 5) is 0. The second kappa shape index (κ2) is 6.48. The minimum absolute atomic E-state index is 0.447. The van der Waals surface area contributed by atoms with Gasteiger partial charge in [-0.3, -0.25) is 0 Å². The first-order chi connectivity index (χ1) is 9.01. The van der Waals surface area contributed by atoms with Gasteiger partial charge in [0.15, 0.2) is 5.41 Å². The molecule has 1 aromatic carbocycles. The maximum atomic E-state index is 9.46. The van der Waals surface area contributed by atoms with Crippen LogP contribution in [0, 0.1) is 28.1 Å². The Labute approximate surface area is 123 Å². The molecule has 0 N–H and O–H groups in total. The van der Waals surface area contributed by atoms with E-state index in [9.17, 15) is 10.5 Å². The van der Waals surface area contributed by atoms with Crippen molar-refractivity contribution in [3.63, 3.8) is 0 Å². The fourth-order valence-electron chi connectivity index (χ4n) is 1.73. The Kier molecular flexibility index (Phi) is 5.24. The molecular formula is C15H13ClN2S. The number of thioether (sulfide) groups is 1. The van der Waals surface area contributed by atoms with Crippen LogP contribution in [0.3, 0.4) is 0 Å². The monoisotopic (exact) mass is 288 g/mol. The highest BCUT2D eigenvalue weighted by Crippen LogP contribution is 2.40. The smallest absolute Gasteiger partial charge is 0.190 e. The van der Waals surface area contributed by atoms with Crippen molar-refractivity contribution in [3.8, 4) is 12.1 Å². The number of benzene rings is 1. The quantitative estimate of drug-likeness (QED) is 0.810. The summed E-state index contributed by atoms with van der Waals surface area (Å²) in [6.07, 6.45) is 1.88. The standard InChI is InChI=1S/C15H13ClN2S/c1-11(8-19-3)15(9-17,10-18)12(2)13-5-4-6-14(16)7-13/h4-8H,2H2,1,3H3/b11-8+. The molecule has 0 radical (unpaired) electrons. The second-order valence-electron chi connectivity index (χ2n) is 4.00. The molecule has 0 saturated heterocycles. The Balaban J connectivity index is 3.38. The van der Waals surface area contributed by atoms with Gasteiger partial charge in [-0.25, -0.2) is 0 Å². The van der Waals surface area contributed by atoms with E-state index in [1.54, 1.807) is 36.6 Å². The molecule has 1 rings (SSSR count). The molecule has 0 aliphatic rings. The van der Waals surface area contributed by atoms with Crippen LogP contribution in [-0.2, 0) is 0 Å². The lowest BCUT2D eigenvalue weighted by Crippen LogP contribution is -2.19. The van der Waals surface area contributed by atoms with E-state index in [0.717, 1.165) is 0 Å². The molecule has 0 aliphatic carbocycles. The van der Waals surface area contributed by atoms with Gasteiger partial charge in [0, 0.05) is 5.02 Å². The predicted molar refractivity (Wildman–Crippen MR) is 81.4 cm³/mol. The Morgan fingerprint density at radius 3 is 2.53 bits per heavy atom. The molecule has 0 aliphatic heterocycles. The molecule has 0 heterocycles. The van der Waals surface area contributed by atoms with Gasteiger partial charge in [0.25, 0.3) is 0 Å². The molecule has 0 bridgehead atoms. The average Bonchev–Trinajstić information content (AvgIpc) is 2.41. The first-order valence-corrected chi connectivity index (χ1v) is 7.16. The van der Waals surface area contributed by atoms with Gasteiger partial charge >= 0.3 is 0 Å². The lowest BCUT2D eigenvalue weighted by Gasteiger charge is -2.22. The molecule has 0 spiro atoms. The van der Waals surface area contributed by atoms with Crippen LogP contribution in [0.15, 0.2) is 41.8 Å². The Morgan fingerprint density at radius 2 is 2.05 bits per heavy atom. The van der Waals surface area contributed by atoms with Crippen molar-refractivity contribution in [2.75, 3.05) is 6.26 Å². The van der Waals surface area contributed by atoms with Crippen LogP contribution in [-0.4, -0.2) is 6.26 Å². The third kappa shape index (κ3) is 3.01. The predicted octanol–water partition coefficient (Wildman–Crippen LogP) is 4.65. The lowest BCUT2D eigenvalue weighted by molar-refractivity contribution is 0.817. The van der Waals surface area contributed by atoms with Gasteiger partial charge in [0.1, 0.15) is 0 Å². The topological polar surface area (TPSA) is 47.6 Å². The van der Waals surface area contributed by atoms with E-state index in [4.69, 9.17) is 11.6 Å². The molecular weight excluding hydrogens is 276 g/mol. The molecule has 1 aromatic rings. The van der Waals surface area contributed by atoms with E-state index in [2.05, 4.69) is 18.7 Å². The van der Waals surface area contributed by atoms with Crippen LogP contribution >= 0.6 is 23.4 Å². The maximum Gasteiger partial charge on any atom is 0.190 e. The lowest BCUT2D eigenvalue weighted by atomic mass is 9.75. The van der Waals surface area contributed by atoms with E-state index in [-0.39, 0.29) is 0 Å². The third-order valence-electron chi connectivity index (χ3n) is 2.85. The van der Waals surface area contributed by atoms with Crippen LogP contribution in [0.2, 0.25) is 5.02 Å². The number of allylic oxidation sites excluding steroid dienone is 2. The van der Waals surface area contributed by atoms with Gasteiger partial charge in [-0.15, -0.1) is 11.8 Å². The van der Waals surface area contributed by atoms with Crippen molar-refractivity contribution in [1.82, 2.24) is 0 Å². The largest absolute Gasteiger partial charge is 0.196 e.